The maximum Gasteiger partial charge on any atom is 0.251 e. The van der Waals surface area contributed by atoms with Crippen molar-refractivity contribution in [3.8, 4) is 0 Å². The minimum atomic E-state index is -3.08. The summed E-state index contributed by atoms with van der Waals surface area (Å²) < 4.78 is -17.7. The van der Waals surface area contributed by atoms with Crippen LogP contribution in [-0.2, 0) is 0 Å². The lowest BCUT2D eigenvalue weighted by molar-refractivity contribution is 0.142. The van der Waals surface area contributed by atoms with Crippen LogP contribution in [0.2, 0.25) is 0 Å². The highest BCUT2D eigenvalue weighted by Crippen LogP contribution is 2.77. The summed E-state index contributed by atoms with van der Waals surface area (Å²) in [4.78, 5) is 0. The number of aliphatic hydroxyl groups is 1. The molecule has 0 aliphatic rings. The molecule has 0 aliphatic heterocycles. The van der Waals surface area contributed by atoms with E-state index < -0.39 is 30.0 Å². The van der Waals surface area contributed by atoms with E-state index in [-0.39, 0.29) is 0 Å². The summed E-state index contributed by atoms with van der Waals surface area (Å²) in [5, 5.41) is 9.75. The van der Waals surface area contributed by atoms with Gasteiger partial charge in [0.15, 0.2) is 4.33 Å². The summed E-state index contributed by atoms with van der Waals surface area (Å²) in [7, 11) is 0. The summed E-state index contributed by atoms with van der Waals surface area (Å²) in [5.74, 6) is 0. The lowest BCUT2D eigenvalue weighted by Crippen LogP contribution is -2.72. The van der Waals surface area contributed by atoms with Crippen molar-refractivity contribution in [1.82, 2.24) is 0 Å². The molecule has 23 heavy (non-hydrogen) atoms. The van der Waals surface area contributed by atoms with Crippen LogP contribution in [0.3, 0.4) is 0 Å². The van der Waals surface area contributed by atoms with Gasteiger partial charge in [-0.1, -0.05) is 174 Å². The molecule has 0 aliphatic carbocycles. The van der Waals surface area contributed by atoms with Crippen molar-refractivity contribution in [2.24, 2.45) is 5.41 Å². The Hall–Kier alpha value is 4.31. The van der Waals surface area contributed by atoms with Crippen LogP contribution in [0.25, 0.3) is 0 Å². The molecular formula is C7HCl15O. The average Bonchev–Trinajstić information content (AvgIpc) is 2.06. The van der Waals surface area contributed by atoms with Gasteiger partial charge in [-0.3, -0.25) is 0 Å². The van der Waals surface area contributed by atoms with Gasteiger partial charge in [-0.15, -0.1) is 0 Å². The largest absolute Gasteiger partial charge is 0.360 e. The first kappa shape index (κ1) is 27.3. The van der Waals surface area contributed by atoms with Crippen LogP contribution in [-0.4, -0.2) is 29.7 Å². The Morgan fingerprint density at radius 1 is 0.391 bits per heavy atom. The molecule has 0 fully saturated rings. The molecule has 0 radical (unpaired) electrons. The average molecular weight is 633 g/mol. The molecule has 0 atom stereocenters. The molecule has 0 unspecified atom stereocenters. The first-order valence-corrected chi connectivity index (χ1v) is 10.2. The first-order chi connectivity index (χ1) is 9.50. The van der Waals surface area contributed by atoms with Crippen LogP contribution < -0.4 is 0 Å². The van der Waals surface area contributed by atoms with Gasteiger partial charge in [-0.2, -0.15) is 0 Å². The summed E-state index contributed by atoms with van der Waals surface area (Å²) in [6.45, 7) is 0. The van der Waals surface area contributed by atoms with Gasteiger partial charge in [0.1, 0.15) is 5.41 Å². The second-order valence-electron chi connectivity index (χ2n) is 3.93. The molecule has 0 spiro atoms. The predicted molar refractivity (Wildman–Crippen MR) is 109 cm³/mol. The minimum absolute atomic E-state index is 2.85. The van der Waals surface area contributed by atoms with Crippen LogP contribution in [0, 0.1) is 5.41 Å². The van der Waals surface area contributed by atoms with Gasteiger partial charge in [0, 0.05) is 0 Å². The second kappa shape index (κ2) is 7.86. The summed E-state index contributed by atoms with van der Waals surface area (Å²) in [6, 6.07) is 0. The van der Waals surface area contributed by atoms with Crippen LogP contribution in [0.1, 0.15) is 0 Å². The Kier molecular flexibility index (Phi) is 9.33. The molecule has 16 heteroatoms. The normalized spacial score (nSPS) is 16.7. The van der Waals surface area contributed by atoms with Crippen molar-refractivity contribution in [1.29, 1.82) is 0 Å². The van der Waals surface area contributed by atoms with Crippen LogP contribution in [0.4, 0.5) is 0 Å². The van der Waals surface area contributed by atoms with Crippen LogP contribution in [0.15, 0.2) is 0 Å². The minimum Gasteiger partial charge on any atom is -0.360 e. The molecule has 0 bridgehead atoms. The highest BCUT2D eigenvalue weighted by Gasteiger charge is 2.85. The molecule has 0 aromatic rings. The number of hydrogen-bond donors (Lipinski definition) is 1. The summed E-state index contributed by atoms with van der Waals surface area (Å²) in [6.07, 6.45) is 0. The SMILES string of the molecule is OC(Cl)(Cl)C(Cl)(Cl)C(Cl)(Cl)C(C(Cl)(Cl)Cl)(C(Cl)(Cl)Cl)C(Cl)(Cl)Cl. The zero-order chi connectivity index (χ0) is 19.5. The maximum absolute atomic E-state index is 9.75. The second-order valence-corrected chi connectivity index (χ2v) is 14.7. The van der Waals surface area contributed by atoms with Crippen molar-refractivity contribution in [3.05, 3.63) is 0 Å². The maximum atomic E-state index is 9.75. The Bertz CT molecular complexity index is 395. The van der Waals surface area contributed by atoms with Gasteiger partial charge < -0.3 is 5.11 Å². The molecule has 1 N–H and O–H groups in total. The van der Waals surface area contributed by atoms with Gasteiger partial charge in [0.05, 0.1) is 0 Å². The van der Waals surface area contributed by atoms with Crippen LogP contribution in [0.5, 0.6) is 0 Å². The van der Waals surface area contributed by atoms with E-state index in [1.54, 1.807) is 0 Å². The van der Waals surface area contributed by atoms with E-state index in [9.17, 15) is 5.11 Å². The van der Waals surface area contributed by atoms with E-state index >= 15 is 0 Å². The molecule has 140 valence electrons. The third-order valence-electron chi connectivity index (χ3n) is 2.52. The van der Waals surface area contributed by atoms with Crippen molar-refractivity contribution in [2.45, 2.75) is 24.6 Å². The molecule has 0 saturated carbocycles. The molecule has 0 heterocycles. The van der Waals surface area contributed by atoms with Crippen molar-refractivity contribution < 1.29 is 5.11 Å². The van der Waals surface area contributed by atoms with Gasteiger partial charge >= 0.3 is 0 Å². The summed E-state index contributed by atoms with van der Waals surface area (Å²) in [5.41, 5.74) is -3.02. The lowest BCUT2D eigenvalue weighted by atomic mass is 9.85. The van der Waals surface area contributed by atoms with Crippen molar-refractivity contribution in [3.63, 3.8) is 0 Å². The quantitative estimate of drug-likeness (QED) is 0.309. The fraction of sp³-hybridized carbons (Fsp3) is 1.00. The Morgan fingerprint density at radius 2 is 0.609 bits per heavy atom. The highest BCUT2D eigenvalue weighted by atomic mass is 35.6. The standard InChI is InChI=1S/C7HCl15O/c8-2(9,3(10,11)7(21,22)23)1(4(12,13)14,5(15,16)17)6(18,19)20/h23H. The number of hydrogen-bond acceptors (Lipinski definition) is 1. The predicted octanol–water partition coefficient (Wildman–Crippen LogP) is 8.55. The van der Waals surface area contributed by atoms with E-state index in [0.29, 0.717) is 0 Å². The Morgan fingerprint density at radius 3 is 0.739 bits per heavy atom. The monoisotopic (exact) mass is 626 g/mol. The van der Waals surface area contributed by atoms with Gasteiger partial charge in [-0.25, -0.2) is 0 Å². The summed E-state index contributed by atoms with van der Waals surface area (Å²) >= 11 is 87.4. The third-order valence-corrected chi connectivity index (χ3v) is 8.66. The lowest BCUT2D eigenvalue weighted by Gasteiger charge is -2.58. The molecule has 0 rings (SSSR count). The number of alkyl halides is 15. The van der Waals surface area contributed by atoms with Crippen LogP contribution >= 0.6 is 174 Å². The Balaban J connectivity index is 7.12. The smallest absolute Gasteiger partial charge is 0.251 e. The Labute approximate surface area is 206 Å². The molecule has 1 nitrogen and oxygen atoms in total. The zero-order valence-electron chi connectivity index (χ0n) is 9.62. The molecule has 0 aromatic carbocycles. The van der Waals surface area contributed by atoms with Gasteiger partial charge in [0.2, 0.25) is 15.7 Å². The number of rotatable bonds is 3. The van der Waals surface area contributed by atoms with E-state index in [1.165, 1.54) is 0 Å². The van der Waals surface area contributed by atoms with Crippen molar-refractivity contribution >= 4 is 174 Å². The van der Waals surface area contributed by atoms with E-state index in [0.717, 1.165) is 0 Å². The van der Waals surface area contributed by atoms with E-state index in [4.69, 9.17) is 174 Å². The molecule has 0 aromatic heterocycles. The highest BCUT2D eigenvalue weighted by molar-refractivity contribution is 6.81. The molecule has 0 amide bonds. The zero-order valence-corrected chi connectivity index (χ0v) is 21.0. The molecule has 0 saturated heterocycles. The third kappa shape index (κ3) is 4.57. The van der Waals surface area contributed by atoms with Crippen molar-refractivity contribution in [2.75, 3.05) is 0 Å². The fourth-order valence-electron chi connectivity index (χ4n) is 1.44. The van der Waals surface area contributed by atoms with E-state index in [2.05, 4.69) is 0 Å². The van der Waals surface area contributed by atoms with E-state index in [1.807, 2.05) is 0 Å². The van der Waals surface area contributed by atoms with Gasteiger partial charge in [0.25, 0.3) is 4.52 Å². The molecular weight excluding hydrogens is 632 g/mol. The topological polar surface area (TPSA) is 20.2 Å². The number of halogens is 15. The van der Waals surface area contributed by atoms with Gasteiger partial charge in [-0.05, 0) is 0 Å². The first-order valence-electron chi connectivity index (χ1n) is 4.56. The fourth-order valence-corrected chi connectivity index (χ4v) is 9.33.